The summed E-state index contributed by atoms with van der Waals surface area (Å²) in [5.41, 5.74) is -0.171. The molecule has 0 radical (unpaired) electrons. The maximum Gasteiger partial charge on any atom is 0.191 e. The van der Waals surface area contributed by atoms with Gasteiger partial charge >= 0.3 is 0 Å². The molecule has 1 unspecified atom stereocenters. The van der Waals surface area contributed by atoms with Crippen LogP contribution in [0.15, 0.2) is 62.8 Å². The molecule has 0 saturated heterocycles. The lowest BCUT2D eigenvalue weighted by Gasteiger charge is -2.19. The Labute approximate surface area is 165 Å². The second-order valence-corrected chi connectivity index (χ2v) is 5.98. The van der Waals surface area contributed by atoms with Crippen LogP contribution in [-0.4, -0.2) is 30.7 Å². The van der Waals surface area contributed by atoms with Crippen molar-refractivity contribution in [1.82, 2.24) is 10.6 Å². The Morgan fingerprint density at radius 3 is 2.56 bits per heavy atom. The second kappa shape index (κ2) is 10.3. The van der Waals surface area contributed by atoms with Crippen LogP contribution in [0.25, 0.3) is 0 Å². The third kappa shape index (κ3) is 7.35. The maximum atomic E-state index is 10.5. The highest BCUT2D eigenvalue weighted by atomic mass is 127. The molecule has 6 nitrogen and oxygen atoms in total. The Hall–Kier alpha value is -1.74. The average Bonchev–Trinajstić information content (AvgIpc) is 3.22. The van der Waals surface area contributed by atoms with Crippen LogP contribution in [0.2, 0.25) is 0 Å². The average molecular weight is 459 g/mol. The fraction of sp³-hybridized carbons (Fsp3) is 0.389. The summed E-state index contributed by atoms with van der Waals surface area (Å²) in [7, 11) is 0. The molecule has 1 atom stereocenters. The fourth-order valence-corrected chi connectivity index (χ4v) is 2.06. The van der Waals surface area contributed by atoms with Gasteiger partial charge in [-0.25, -0.2) is 4.99 Å². The lowest BCUT2D eigenvalue weighted by molar-refractivity contribution is 0.0437. The van der Waals surface area contributed by atoms with E-state index in [4.69, 9.17) is 8.83 Å². The first-order valence-electron chi connectivity index (χ1n) is 7.93. The van der Waals surface area contributed by atoms with Gasteiger partial charge in [-0.15, -0.1) is 24.0 Å². The molecule has 0 bridgehead atoms. The number of nitrogens with one attached hydrogen (secondary N) is 2. The Morgan fingerprint density at radius 1 is 1.24 bits per heavy atom. The Bertz CT molecular complexity index is 649. The summed E-state index contributed by atoms with van der Waals surface area (Å²) in [4.78, 5) is 4.45. The van der Waals surface area contributed by atoms with Gasteiger partial charge in [0.15, 0.2) is 5.96 Å². The van der Waals surface area contributed by atoms with Gasteiger partial charge in [-0.2, -0.15) is 0 Å². The highest BCUT2D eigenvalue weighted by molar-refractivity contribution is 14.0. The second-order valence-electron chi connectivity index (χ2n) is 5.98. The summed E-state index contributed by atoms with van der Waals surface area (Å²) in [6.45, 7) is 8.93. The molecule has 2 heterocycles. The van der Waals surface area contributed by atoms with Gasteiger partial charge in [0.1, 0.15) is 17.1 Å². The van der Waals surface area contributed by atoms with Crippen molar-refractivity contribution in [1.29, 1.82) is 0 Å². The molecular weight excluding hydrogens is 433 g/mol. The Morgan fingerprint density at radius 2 is 1.96 bits per heavy atom. The Kier molecular flexibility index (Phi) is 8.77. The van der Waals surface area contributed by atoms with Gasteiger partial charge in [0, 0.05) is 19.5 Å². The van der Waals surface area contributed by atoms with Crippen molar-refractivity contribution in [3.63, 3.8) is 0 Å². The molecule has 2 rings (SSSR count). The molecule has 0 aliphatic carbocycles. The van der Waals surface area contributed by atoms with Crippen molar-refractivity contribution in [2.45, 2.75) is 25.9 Å². The number of rotatable bonds is 8. The van der Waals surface area contributed by atoms with E-state index < -0.39 is 5.60 Å². The number of hydrogen-bond acceptors (Lipinski definition) is 4. The number of nitrogens with zero attached hydrogens (tertiary/aromatic N) is 1. The predicted octanol–water partition coefficient (Wildman–Crippen LogP) is 3.05. The van der Waals surface area contributed by atoms with E-state index in [9.17, 15) is 5.11 Å². The van der Waals surface area contributed by atoms with Crippen LogP contribution in [0.3, 0.4) is 0 Å². The zero-order chi connectivity index (χ0) is 17.4. The molecule has 0 saturated carbocycles. The van der Waals surface area contributed by atoms with Crippen LogP contribution in [0.1, 0.15) is 25.4 Å². The smallest absolute Gasteiger partial charge is 0.191 e. The largest absolute Gasteiger partial charge is 0.469 e. The highest BCUT2D eigenvalue weighted by Crippen LogP contribution is 2.20. The van der Waals surface area contributed by atoms with Crippen molar-refractivity contribution in [3.8, 4) is 0 Å². The molecule has 0 amide bonds. The molecule has 2 aromatic rings. The van der Waals surface area contributed by atoms with Crippen molar-refractivity contribution in [3.05, 3.63) is 60.5 Å². The van der Waals surface area contributed by atoms with Crippen LogP contribution < -0.4 is 10.6 Å². The number of furan rings is 2. The van der Waals surface area contributed by atoms with Gasteiger partial charge in [-0.1, -0.05) is 12.2 Å². The topological polar surface area (TPSA) is 82.9 Å². The Balaban J connectivity index is 0.00000312. The number of guanidine groups is 1. The van der Waals surface area contributed by atoms with E-state index >= 15 is 0 Å². The molecule has 0 aliphatic rings. The number of aliphatic hydroxyl groups is 1. The van der Waals surface area contributed by atoms with E-state index in [-0.39, 0.29) is 30.5 Å². The summed E-state index contributed by atoms with van der Waals surface area (Å²) >= 11 is 0. The molecule has 2 aromatic heterocycles. The molecule has 0 spiro atoms. The van der Waals surface area contributed by atoms with Gasteiger partial charge in [0.05, 0.1) is 19.1 Å². The molecular formula is C18H26IN3O3. The summed E-state index contributed by atoms with van der Waals surface area (Å²) in [6, 6.07) is 7.28. The summed E-state index contributed by atoms with van der Waals surface area (Å²) in [5, 5.41) is 16.9. The summed E-state index contributed by atoms with van der Waals surface area (Å²) < 4.78 is 10.6. The van der Waals surface area contributed by atoms with Gasteiger partial charge < -0.3 is 24.6 Å². The third-order valence-electron chi connectivity index (χ3n) is 3.40. The van der Waals surface area contributed by atoms with E-state index in [0.29, 0.717) is 24.8 Å². The van der Waals surface area contributed by atoms with Gasteiger partial charge in [-0.3, -0.25) is 0 Å². The van der Waals surface area contributed by atoms with Gasteiger partial charge in [0.25, 0.3) is 0 Å². The number of aliphatic imine (C=N–C) groups is 1. The van der Waals surface area contributed by atoms with Crippen molar-refractivity contribution >= 4 is 29.9 Å². The highest BCUT2D eigenvalue weighted by Gasteiger charge is 2.26. The SMILES string of the molecule is C=C(C)CNC(=NCC(C)(O)c1ccco1)NCCc1ccco1.I. The number of halogens is 1. The minimum atomic E-state index is -1.16. The first-order valence-corrected chi connectivity index (χ1v) is 7.93. The van der Waals surface area contributed by atoms with Crippen molar-refractivity contribution in [2.75, 3.05) is 19.6 Å². The fourth-order valence-electron chi connectivity index (χ4n) is 2.06. The number of hydrogen-bond donors (Lipinski definition) is 3. The minimum Gasteiger partial charge on any atom is -0.469 e. The first-order chi connectivity index (χ1) is 11.5. The molecule has 0 aliphatic heterocycles. The van der Waals surface area contributed by atoms with Gasteiger partial charge in [0.2, 0.25) is 0 Å². The zero-order valence-electron chi connectivity index (χ0n) is 14.6. The monoisotopic (exact) mass is 459 g/mol. The van der Waals surface area contributed by atoms with E-state index in [0.717, 1.165) is 17.8 Å². The van der Waals surface area contributed by atoms with Crippen LogP contribution in [0.4, 0.5) is 0 Å². The van der Waals surface area contributed by atoms with Crippen LogP contribution in [0.5, 0.6) is 0 Å². The standard InChI is InChI=1S/C18H25N3O3.HI/c1-14(2)12-20-17(19-9-8-15-6-4-10-23-15)21-13-18(3,22)16-7-5-11-24-16;/h4-7,10-11,22H,1,8-9,12-13H2,2-3H3,(H2,19,20,21);1H. The first kappa shape index (κ1) is 21.3. The van der Waals surface area contributed by atoms with Gasteiger partial charge in [-0.05, 0) is 38.1 Å². The maximum absolute atomic E-state index is 10.5. The molecule has 138 valence electrons. The molecule has 0 aromatic carbocycles. The van der Waals surface area contributed by atoms with Crippen LogP contribution >= 0.6 is 24.0 Å². The molecule has 3 N–H and O–H groups in total. The lowest BCUT2D eigenvalue weighted by atomic mass is 10.0. The van der Waals surface area contributed by atoms with Crippen LogP contribution in [-0.2, 0) is 12.0 Å². The van der Waals surface area contributed by atoms with E-state index in [1.807, 2.05) is 19.1 Å². The van der Waals surface area contributed by atoms with Crippen molar-refractivity contribution < 1.29 is 13.9 Å². The van der Waals surface area contributed by atoms with E-state index in [1.54, 1.807) is 25.3 Å². The molecule has 25 heavy (non-hydrogen) atoms. The quantitative estimate of drug-likeness (QED) is 0.245. The molecule has 0 fully saturated rings. The summed E-state index contributed by atoms with van der Waals surface area (Å²) in [5.74, 6) is 2.00. The normalized spacial score (nSPS) is 13.6. The van der Waals surface area contributed by atoms with E-state index in [2.05, 4.69) is 22.2 Å². The zero-order valence-corrected chi connectivity index (χ0v) is 16.9. The predicted molar refractivity (Wildman–Crippen MR) is 109 cm³/mol. The summed E-state index contributed by atoms with van der Waals surface area (Å²) in [6.07, 6.45) is 3.94. The molecule has 7 heteroatoms. The van der Waals surface area contributed by atoms with Crippen molar-refractivity contribution in [2.24, 2.45) is 4.99 Å². The van der Waals surface area contributed by atoms with Crippen LogP contribution in [0, 0.1) is 0 Å². The van der Waals surface area contributed by atoms with E-state index in [1.165, 1.54) is 6.26 Å². The lowest BCUT2D eigenvalue weighted by Crippen LogP contribution is -2.40. The minimum absolute atomic E-state index is 0. The third-order valence-corrected chi connectivity index (χ3v) is 3.40.